The van der Waals surface area contributed by atoms with Crippen molar-refractivity contribution in [3.8, 4) is 16.9 Å². The molecule has 1 unspecified atom stereocenters. The van der Waals surface area contributed by atoms with Gasteiger partial charge in [0.15, 0.2) is 0 Å². The normalized spacial score (nSPS) is 15.9. The molecule has 0 amide bonds. The van der Waals surface area contributed by atoms with Gasteiger partial charge < -0.3 is 4.74 Å². The molecule has 0 saturated carbocycles. The molecule has 5 aromatic rings. The largest absolute Gasteiger partial charge is 0.480 e. The van der Waals surface area contributed by atoms with Crippen molar-refractivity contribution in [2.75, 3.05) is 0 Å². The molecule has 1 atom stereocenters. The lowest BCUT2D eigenvalue weighted by atomic mass is 9.79. The summed E-state index contributed by atoms with van der Waals surface area (Å²) in [4.78, 5) is 0. The van der Waals surface area contributed by atoms with Gasteiger partial charge in [0, 0.05) is 16.7 Å². The monoisotopic (exact) mass is 464 g/mol. The maximum absolute atomic E-state index is 7.11. The summed E-state index contributed by atoms with van der Waals surface area (Å²) in [5, 5.41) is 2.57. The van der Waals surface area contributed by atoms with Gasteiger partial charge >= 0.3 is 0 Å². The SMILES string of the molecule is Cc1ccc(C2=Cc3c(c4c(c5ccccc35)-c3ccccc3CC4)OC2c2ccc(C)cc2)cc1. The summed E-state index contributed by atoms with van der Waals surface area (Å²) in [5.41, 5.74) is 12.8. The molecule has 7 rings (SSSR count). The van der Waals surface area contributed by atoms with Crippen LogP contribution in [0.15, 0.2) is 97.1 Å². The lowest BCUT2D eigenvalue weighted by Crippen LogP contribution is -2.18. The Bertz CT molecular complexity index is 1650. The van der Waals surface area contributed by atoms with Crippen LogP contribution in [0.4, 0.5) is 0 Å². The Morgan fingerprint density at radius 3 is 2.11 bits per heavy atom. The van der Waals surface area contributed by atoms with Gasteiger partial charge in [0.05, 0.1) is 0 Å². The molecule has 0 saturated heterocycles. The van der Waals surface area contributed by atoms with Gasteiger partial charge in [0.25, 0.3) is 0 Å². The second-order valence-corrected chi connectivity index (χ2v) is 10.2. The Morgan fingerprint density at radius 1 is 0.667 bits per heavy atom. The van der Waals surface area contributed by atoms with Crippen molar-refractivity contribution in [3.05, 3.63) is 136 Å². The van der Waals surface area contributed by atoms with E-state index < -0.39 is 0 Å². The number of benzene rings is 5. The Hall–Kier alpha value is -4.10. The van der Waals surface area contributed by atoms with Crippen molar-refractivity contribution in [1.29, 1.82) is 0 Å². The molecule has 2 aliphatic rings. The molecule has 1 heteroatoms. The summed E-state index contributed by atoms with van der Waals surface area (Å²) in [6.45, 7) is 4.28. The molecule has 5 aromatic carbocycles. The van der Waals surface area contributed by atoms with Crippen LogP contribution in [-0.2, 0) is 12.8 Å². The van der Waals surface area contributed by atoms with Crippen LogP contribution in [0.25, 0.3) is 33.5 Å². The Kier molecular flexibility index (Phi) is 4.85. The maximum atomic E-state index is 7.11. The van der Waals surface area contributed by atoms with Crippen molar-refractivity contribution < 1.29 is 4.74 Å². The summed E-state index contributed by atoms with van der Waals surface area (Å²) >= 11 is 0. The Morgan fingerprint density at radius 2 is 1.33 bits per heavy atom. The number of fused-ring (bicyclic) bond motifs is 8. The van der Waals surface area contributed by atoms with Gasteiger partial charge in [-0.2, -0.15) is 0 Å². The fourth-order valence-corrected chi connectivity index (χ4v) is 5.94. The van der Waals surface area contributed by atoms with Gasteiger partial charge in [0.2, 0.25) is 0 Å². The highest BCUT2D eigenvalue weighted by Crippen LogP contribution is 2.51. The average Bonchev–Trinajstić information content (AvgIpc) is 2.93. The minimum Gasteiger partial charge on any atom is -0.480 e. The summed E-state index contributed by atoms with van der Waals surface area (Å²) in [6.07, 6.45) is 4.29. The van der Waals surface area contributed by atoms with Crippen LogP contribution >= 0.6 is 0 Å². The predicted molar refractivity (Wildman–Crippen MR) is 150 cm³/mol. The molecule has 1 aliphatic heterocycles. The van der Waals surface area contributed by atoms with Gasteiger partial charge in [-0.05, 0) is 71.4 Å². The third-order valence-corrected chi connectivity index (χ3v) is 7.82. The first-order valence-electron chi connectivity index (χ1n) is 12.8. The topological polar surface area (TPSA) is 9.23 Å². The molecule has 174 valence electrons. The van der Waals surface area contributed by atoms with Gasteiger partial charge in [-0.15, -0.1) is 0 Å². The highest BCUT2D eigenvalue weighted by Gasteiger charge is 2.32. The first kappa shape index (κ1) is 21.2. The first-order chi connectivity index (χ1) is 17.7. The van der Waals surface area contributed by atoms with E-state index in [-0.39, 0.29) is 6.10 Å². The Labute approximate surface area is 212 Å². The van der Waals surface area contributed by atoms with E-state index in [0.717, 1.165) is 18.6 Å². The molecule has 36 heavy (non-hydrogen) atoms. The molecular weight excluding hydrogens is 436 g/mol. The summed E-state index contributed by atoms with van der Waals surface area (Å²) in [6, 6.07) is 35.4. The molecule has 0 spiro atoms. The Balaban J connectivity index is 1.53. The first-order valence-corrected chi connectivity index (χ1v) is 12.8. The minimum absolute atomic E-state index is 0.150. The van der Waals surface area contributed by atoms with Crippen molar-refractivity contribution in [1.82, 2.24) is 0 Å². The molecule has 1 aliphatic carbocycles. The second kappa shape index (κ2) is 8.24. The van der Waals surface area contributed by atoms with Gasteiger partial charge in [0.1, 0.15) is 11.9 Å². The van der Waals surface area contributed by atoms with Crippen LogP contribution in [-0.4, -0.2) is 0 Å². The quantitative estimate of drug-likeness (QED) is 0.253. The maximum Gasteiger partial charge on any atom is 0.149 e. The fourth-order valence-electron chi connectivity index (χ4n) is 5.94. The number of ether oxygens (including phenoxy) is 1. The number of hydrogen-bond donors (Lipinski definition) is 0. The van der Waals surface area contributed by atoms with Crippen LogP contribution < -0.4 is 4.74 Å². The van der Waals surface area contributed by atoms with E-state index in [2.05, 4.69) is 117 Å². The molecule has 0 radical (unpaired) electrons. The molecule has 0 N–H and O–H groups in total. The van der Waals surface area contributed by atoms with Gasteiger partial charge in [-0.25, -0.2) is 0 Å². The van der Waals surface area contributed by atoms with Crippen LogP contribution in [0.3, 0.4) is 0 Å². The van der Waals surface area contributed by atoms with Crippen molar-refractivity contribution in [3.63, 3.8) is 0 Å². The zero-order chi connectivity index (χ0) is 24.2. The number of aryl methyl sites for hydroxylation is 3. The van der Waals surface area contributed by atoms with E-state index in [1.54, 1.807) is 0 Å². The van der Waals surface area contributed by atoms with Gasteiger partial charge in [-0.3, -0.25) is 0 Å². The number of hydrogen-bond acceptors (Lipinski definition) is 1. The van der Waals surface area contributed by atoms with Crippen molar-refractivity contribution in [2.24, 2.45) is 0 Å². The van der Waals surface area contributed by atoms with Gasteiger partial charge in [-0.1, -0.05) is 108 Å². The smallest absolute Gasteiger partial charge is 0.149 e. The van der Waals surface area contributed by atoms with Crippen LogP contribution in [0.5, 0.6) is 5.75 Å². The zero-order valence-electron chi connectivity index (χ0n) is 20.7. The summed E-state index contributed by atoms with van der Waals surface area (Å²) in [7, 11) is 0. The zero-order valence-corrected chi connectivity index (χ0v) is 20.7. The standard InChI is InChI=1S/C35H28O/c1-22-11-15-25(16-12-22)31-21-32-28-9-5-6-10-29(28)33-27-8-4-3-7-24(27)19-20-30(33)35(32)36-34(31)26-17-13-23(2)14-18-26/h3-18,21,34H,19-20H2,1-2H3. The minimum atomic E-state index is -0.150. The predicted octanol–water partition coefficient (Wildman–Crippen LogP) is 8.90. The third kappa shape index (κ3) is 3.31. The van der Waals surface area contributed by atoms with Crippen molar-refractivity contribution in [2.45, 2.75) is 32.8 Å². The molecule has 0 bridgehead atoms. The molecule has 1 nitrogen and oxygen atoms in total. The van der Waals surface area contributed by atoms with Crippen LogP contribution in [0.2, 0.25) is 0 Å². The summed E-state index contributed by atoms with van der Waals surface area (Å²) < 4.78 is 7.11. The second-order valence-electron chi connectivity index (χ2n) is 10.2. The van der Waals surface area contributed by atoms with Crippen LogP contribution in [0.1, 0.15) is 45.0 Å². The van der Waals surface area contributed by atoms with Crippen molar-refractivity contribution >= 4 is 22.4 Å². The third-order valence-electron chi connectivity index (χ3n) is 7.82. The van der Waals surface area contributed by atoms with Crippen LogP contribution in [0, 0.1) is 13.8 Å². The lowest BCUT2D eigenvalue weighted by Gasteiger charge is -2.33. The van der Waals surface area contributed by atoms with E-state index in [9.17, 15) is 0 Å². The fraction of sp³-hybridized carbons (Fsp3) is 0.143. The van der Waals surface area contributed by atoms with E-state index in [0.29, 0.717) is 0 Å². The highest BCUT2D eigenvalue weighted by molar-refractivity contribution is 6.08. The average molecular weight is 465 g/mol. The van der Waals surface area contributed by atoms with E-state index in [4.69, 9.17) is 4.74 Å². The molecule has 0 aromatic heterocycles. The summed E-state index contributed by atoms with van der Waals surface area (Å²) in [5.74, 6) is 1.06. The molecule has 1 heterocycles. The van der Waals surface area contributed by atoms with E-state index >= 15 is 0 Å². The van der Waals surface area contributed by atoms with E-state index in [1.165, 1.54) is 66.4 Å². The molecule has 0 fully saturated rings. The highest BCUT2D eigenvalue weighted by atomic mass is 16.5. The number of rotatable bonds is 2. The lowest BCUT2D eigenvalue weighted by molar-refractivity contribution is 0.259. The van der Waals surface area contributed by atoms with E-state index in [1.807, 2.05) is 0 Å². The molecular formula is C35H28O.